The van der Waals surface area contributed by atoms with Gasteiger partial charge in [-0.1, -0.05) is 0 Å². The van der Waals surface area contributed by atoms with Crippen LogP contribution < -0.4 is 10.2 Å². The molecule has 110 valence electrons. The summed E-state index contributed by atoms with van der Waals surface area (Å²) in [4.78, 5) is 19.7. The molecule has 0 amide bonds. The first-order valence-electron chi connectivity index (χ1n) is 7.29. The molecule has 0 bridgehead atoms. The van der Waals surface area contributed by atoms with Crippen LogP contribution in [0.1, 0.15) is 30.1 Å². The fourth-order valence-corrected chi connectivity index (χ4v) is 2.72. The number of hydrogen-bond acceptors (Lipinski definition) is 6. The summed E-state index contributed by atoms with van der Waals surface area (Å²) in [5.41, 5.74) is 2.09. The number of aryl methyl sites for hydroxylation is 1. The zero-order valence-electron chi connectivity index (χ0n) is 12.5. The summed E-state index contributed by atoms with van der Waals surface area (Å²) in [6, 6.07) is 2.04. The van der Waals surface area contributed by atoms with E-state index in [9.17, 15) is 0 Å². The fraction of sp³-hybridized carbons (Fsp3) is 0.467. The number of aromatic nitrogens is 4. The molecule has 0 spiro atoms. The Balaban J connectivity index is 1.67. The van der Waals surface area contributed by atoms with Crippen molar-refractivity contribution >= 4 is 11.6 Å². The average molecular weight is 284 g/mol. The Morgan fingerprint density at radius 2 is 2.00 bits per heavy atom. The summed E-state index contributed by atoms with van der Waals surface area (Å²) in [5.74, 6) is 2.34. The first-order valence-corrected chi connectivity index (χ1v) is 7.29. The van der Waals surface area contributed by atoms with E-state index in [1.165, 1.54) is 0 Å². The van der Waals surface area contributed by atoms with E-state index in [4.69, 9.17) is 0 Å². The van der Waals surface area contributed by atoms with Crippen LogP contribution in [0, 0.1) is 6.92 Å². The maximum absolute atomic E-state index is 4.61. The molecule has 21 heavy (non-hydrogen) atoms. The minimum atomic E-state index is 0.477. The van der Waals surface area contributed by atoms with Crippen molar-refractivity contribution in [3.05, 3.63) is 36.2 Å². The van der Waals surface area contributed by atoms with Crippen molar-refractivity contribution < 1.29 is 0 Å². The molecule has 3 heterocycles. The zero-order valence-corrected chi connectivity index (χ0v) is 12.5. The standard InChI is InChI=1S/C15H20N6/c1-11-7-15(19-10-18-11)21-5-3-12(4-6-21)13-8-17-9-14(16-2)20-13/h7-10,12H,3-6H2,1-2H3,(H,16,20). The Bertz CT molecular complexity index is 607. The summed E-state index contributed by atoms with van der Waals surface area (Å²) in [5, 5.41) is 3.05. The molecule has 0 aliphatic carbocycles. The van der Waals surface area contributed by atoms with E-state index in [-0.39, 0.29) is 0 Å². The monoisotopic (exact) mass is 284 g/mol. The minimum absolute atomic E-state index is 0.477. The van der Waals surface area contributed by atoms with E-state index in [0.29, 0.717) is 5.92 Å². The highest BCUT2D eigenvalue weighted by molar-refractivity contribution is 5.39. The summed E-state index contributed by atoms with van der Waals surface area (Å²) < 4.78 is 0. The van der Waals surface area contributed by atoms with Gasteiger partial charge in [0.2, 0.25) is 0 Å². The first kappa shape index (κ1) is 13.7. The lowest BCUT2D eigenvalue weighted by atomic mass is 9.94. The van der Waals surface area contributed by atoms with E-state index in [2.05, 4.69) is 30.2 Å². The molecular weight excluding hydrogens is 264 g/mol. The van der Waals surface area contributed by atoms with Gasteiger partial charge in [0.1, 0.15) is 18.0 Å². The summed E-state index contributed by atoms with van der Waals surface area (Å²) in [6.45, 7) is 3.98. The Morgan fingerprint density at radius 1 is 1.19 bits per heavy atom. The maximum atomic E-state index is 4.61. The molecular formula is C15H20N6. The van der Waals surface area contributed by atoms with Crippen molar-refractivity contribution in [2.24, 2.45) is 0 Å². The van der Waals surface area contributed by atoms with Gasteiger partial charge in [-0.2, -0.15) is 0 Å². The van der Waals surface area contributed by atoms with E-state index in [0.717, 1.165) is 49.0 Å². The molecule has 1 aliphatic rings. The highest BCUT2D eigenvalue weighted by Crippen LogP contribution is 2.28. The molecule has 2 aromatic rings. The number of nitrogens with zero attached hydrogens (tertiary/aromatic N) is 5. The van der Waals surface area contributed by atoms with Crippen LogP contribution in [0.15, 0.2) is 24.8 Å². The third-order valence-electron chi connectivity index (χ3n) is 3.94. The second-order valence-corrected chi connectivity index (χ2v) is 5.36. The molecule has 0 unspecified atom stereocenters. The van der Waals surface area contributed by atoms with E-state index in [1.807, 2.05) is 26.2 Å². The lowest BCUT2D eigenvalue weighted by molar-refractivity contribution is 0.492. The molecule has 2 aromatic heterocycles. The molecule has 6 heteroatoms. The smallest absolute Gasteiger partial charge is 0.144 e. The second kappa shape index (κ2) is 6.03. The van der Waals surface area contributed by atoms with Gasteiger partial charge >= 0.3 is 0 Å². The topological polar surface area (TPSA) is 66.8 Å². The molecule has 0 radical (unpaired) electrons. The van der Waals surface area contributed by atoms with Gasteiger partial charge in [0, 0.05) is 44.0 Å². The summed E-state index contributed by atoms with van der Waals surface area (Å²) >= 11 is 0. The van der Waals surface area contributed by atoms with Crippen LogP contribution in [-0.2, 0) is 0 Å². The van der Waals surface area contributed by atoms with Gasteiger partial charge < -0.3 is 10.2 Å². The third kappa shape index (κ3) is 3.09. The summed E-state index contributed by atoms with van der Waals surface area (Å²) in [7, 11) is 1.87. The third-order valence-corrected chi connectivity index (χ3v) is 3.94. The largest absolute Gasteiger partial charge is 0.372 e. The van der Waals surface area contributed by atoms with Crippen LogP contribution >= 0.6 is 0 Å². The fourth-order valence-electron chi connectivity index (χ4n) is 2.72. The number of nitrogens with one attached hydrogen (secondary N) is 1. The van der Waals surface area contributed by atoms with Crippen molar-refractivity contribution in [2.45, 2.75) is 25.7 Å². The number of anilines is 2. The Labute approximate surface area is 124 Å². The van der Waals surface area contributed by atoms with Gasteiger partial charge in [-0.3, -0.25) is 4.98 Å². The molecule has 1 saturated heterocycles. The highest BCUT2D eigenvalue weighted by Gasteiger charge is 2.23. The van der Waals surface area contributed by atoms with Gasteiger partial charge in [-0.05, 0) is 19.8 Å². The van der Waals surface area contributed by atoms with Gasteiger partial charge in [-0.25, -0.2) is 15.0 Å². The van der Waals surface area contributed by atoms with Crippen molar-refractivity contribution in [2.75, 3.05) is 30.4 Å². The maximum Gasteiger partial charge on any atom is 0.144 e. The van der Waals surface area contributed by atoms with Gasteiger partial charge in [0.05, 0.1) is 11.9 Å². The van der Waals surface area contributed by atoms with Crippen molar-refractivity contribution in [1.82, 2.24) is 19.9 Å². The minimum Gasteiger partial charge on any atom is -0.372 e. The molecule has 0 aromatic carbocycles. The van der Waals surface area contributed by atoms with Gasteiger partial charge in [0.15, 0.2) is 0 Å². The Kier molecular flexibility index (Phi) is 3.94. The van der Waals surface area contributed by atoms with Crippen LogP contribution in [0.3, 0.4) is 0 Å². The predicted molar refractivity (Wildman–Crippen MR) is 82.5 cm³/mol. The molecule has 0 atom stereocenters. The average Bonchev–Trinajstić information content (AvgIpc) is 2.55. The van der Waals surface area contributed by atoms with E-state index >= 15 is 0 Å². The number of rotatable bonds is 3. The van der Waals surface area contributed by atoms with Crippen molar-refractivity contribution in [3.8, 4) is 0 Å². The predicted octanol–water partition coefficient (Wildman–Crippen LogP) is 2.00. The van der Waals surface area contributed by atoms with Crippen LogP contribution in [0.4, 0.5) is 11.6 Å². The molecule has 3 rings (SSSR count). The first-order chi connectivity index (χ1) is 10.3. The molecule has 1 fully saturated rings. The highest BCUT2D eigenvalue weighted by atomic mass is 15.2. The van der Waals surface area contributed by atoms with Crippen molar-refractivity contribution in [3.63, 3.8) is 0 Å². The van der Waals surface area contributed by atoms with Crippen LogP contribution in [0.2, 0.25) is 0 Å². The van der Waals surface area contributed by atoms with Gasteiger partial charge in [0.25, 0.3) is 0 Å². The van der Waals surface area contributed by atoms with Crippen LogP contribution in [0.5, 0.6) is 0 Å². The SMILES string of the molecule is CNc1cncc(C2CCN(c3cc(C)ncn3)CC2)n1. The van der Waals surface area contributed by atoms with Crippen LogP contribution in [0.25, 0.3) is 0 Å². The second-order valence-electron chi connectivity index (χ2n) is 5.36. The number of hydrogen-bond donors (Lipinski definition) is 1. The lowest BCUT2D eigenvalue weighted by Gasteiger charge is -2.32. The zero-order chi connectivity index (χ0) is 14.7. The molecule has 0 saturated carbocycles. The number of piperidine rings is 1. The van der Waals surface area contributed by atoms with E-state index in [1.54, 1.807) is 12.5 Å². The van der Waals surface area contributed by atoms with Crippen LogP contribution in [-0.4, -0.2) is 40.1 Å². The molecule has 1 aliphatic heterocycles. The van der Waals surface area contributed by atoms with Gasteiger partial charge in [-0.15, -0.1) is 0 Å². The lowest BCUT2D eigenvalue weighted by Crippen LogP contribution is -2.33. The molecule has 6 nitrogen and oxygen atoms in total. The quantitative estimate of drug-likeness (QED) is 0.930. The van der Waals surface area contributed by atoms with Crippen molar-refractivity contribution in [1.29, 1.82) is 0 Å². The summed E-state index contributed by atoms with van der Waals surface area (Å²) in [6.07, 6.45) is 7.42. The Morgan fingerprint density at radius 3 is 2.71 bits per heavy atom. The van der Waals surface area contributed by atoms with E-state index < -0.39 is 0 Å². The molecule has 1 N–H and O–H groups in total. The Hall–Kier alpha value is -2.24. The normalized spacial score (nSPS) is 16.0.